The molecule has 1 aromatic rings. The van der Waals surface area contributed by atoms with Crippen molar-refractivity contribution in [2.45, 2.75) is 4.84 Å². The summed E-state index contributed by atoms with van der Waals surface area (Å²) < 4.78 is 0. The van der Waals surface area contributed by atoms with Gasteiger partial charge in [0.15, 0.2) is 0 Å². The molecule has 11 heavy (non-hydrogen) atoms. The average Bonchev–Trinajstić information content (AvgIpc) is 2.03. The van der Waals surface area contributed by atoms with Crippen molar-refractivity contribution >= 4 is 28.9 Å². The Morgan fingerprint density at radius 2 is 1.82 bits per heavy atom. The first-order valence-electron chi connectivity index (χ1n) is 3.36. The van der Waals surface area contributed by atoms with Crippen molar-refractivity contribution < 1.29 is 0 Å². The zero-order valence-electron chi connectivity index (χ0n) is 5.93. The van der Waals surface area contributed by atoms with E-state index in [-0.39, 0.29) is 4.84 Å². The van der Waals surface area contributed by atoms with Crippen LogP contribution in [-0.4, -0.2) is 11.4 Å². The third kappa shape index (κ3) is 3.49. The molecule has 0 heterocycles. The highest BCUT2D eigenvalue weighted by Crippen LogP contribution is 2.07. The van der Waals surface area contributed by atoms with Crippen LogP contribution in [0.25, 0.3) is 0 Å². The summed E-state index contributed by atoms with van der Waals surface area (Å²) in [4.78, 5) is -0.352. The number of nitrogens with one attached hydrogen (secondary N) is 1. The smallest absolute Gasteiger partial charge is 0.124 e. The highest BCUT2D eigenvalue weighted by atomic mass is 35.5. The largest absolute Gasteiger partial charge is 0.382 e. The van der Waals surface area contributed by atoms with E-state index in [4.69, 9.17) is 23.2 Å². The fourth-order valence-electron chi connectivity index (χ4n) is 0.751. The Morgan fingerprint density at radius 1 is 1.18 bits per heavy atom. The molecule has 0 aliphatic carbocycles. The molecule has 60 valence electrons. The molecule has 0 fully saturated rings. The second-order valence-corrected chi connectivity index (χ2v) is 3.42. The molecule has 3 heteroatoms. The molecule has 1 aromatic carbocycles. The van der Waals surface area contributed by atoms with Crippen molar-refractivity contribution in [3.8, 4) is 0 Å². The second-order valence-electron chi connectivity index (χ2n) is 2.14. The van der Waals surface area contributed by atoms with Crippen molar-refractivity contribution in [3.63, 3.8) is 0 Å². The quantitative estimate of drug-likeness (QED) is 0.722. The molecule has 0 atom stereocenters. The van der Waals surface area contributed by atoms with Gasteiger partial charge in [-0.3, -0.25) is 0 Å². The van der Waals surface area contributed by atoms with Crippen molar-refractivity contribution in [2.75, 3.05) is 11.9 Å². The van der Waals surface area contributed by atoms with Gasteiger partial charge in [-0.1, -0.05) is 18.2 Å². The lowest BCUT2D eigenvalue weighted by atomic mass is 10.3. The molecule has 1 N–H and O–H groups in total. The minimum Gasteiger partial charge on any atom is -0.382 e. The van der Waals surface area contributed by atoms with Gasteiger partial charge in [0.05, 0.1) is 0 Å². The first-order chi connectivity index (χ1) is 5.29. The predicted molar refractivity (Wildman–Crippen MR) is 50.4 cm³/mol. The Morgan fingerprint density at radius 3 is 2.36 bits per heavy atom. The predicted octanol–water partition coefficient (Wildman–Crippen LogP) is 2.90. The molecule has 0 saturated carbocycles. The fourth-order valence-corrected chi connectivity index (χ4v) is 0.905. The highest BCUT2D eigenvalue weighted by Gasteiger charge is 1.96. The Hall–Kier alpha value is -0.400. The van der Waals surface area contributed by atoms with E-state index in [1.807, 2.05) is 30.3 Å². The van der Waals surface area contributed by atoms with Gasteiger partial charge >= 0.3 is 0 Å². The molecule has 0 saturated heterocycles. The van der Waals surface area contributed by atoms with Crippen molar-refractivity contribution in [1.82, 2.24) is 0 Å². The van der Waals surface area contributed by atoms with Gasteiger partial charge in [-0.05, 0) is 12.1 Å². The SMILES string of the molecule is ClC(Cl)CNc1ccccc1. The van der Waals surface area contributed by atoms with Crippen LogP contribution < -0.4 is 5.32 Å². The van der Waals surface area contributed by atoms with E-state index < -0.39 is 0 Å². The number of hydrogen-bond acceptors (Lipinski definition) is 1. The van der Waals surface area contributed by atoms with Crippen LogP contribution in [0.1, 0.15) is 0 Å². The highest BCUT2D eigenvalue weighted by molar-refractivity contribution is 6.44. The van der Waals surface area contributed by atoms with Crippen LogP contribution in [0.5, 0.6) is 0 Å². The van der Waals surface area contributed by atoms with E-state index in [9.17, 15) is 0 Å². The zero-order valence-corrected chi connectivity index (χ0v) is 7.44. The summed E-state index contributed by atoms with van der Waals surface area (Å²) >= 11 is 11.1. The molecule has 0 bridgehead atoms. The van der Waals surface area contributed by atoms with E-state index >= 15 is 0 Å². The van der Waals surface area contributed by atoms with Crippen LogP contribution in [0.4, 0.5) is 5.69 Å². The molecule has 1 nitrogen and oxygen atoms in total. The summed E-state index contributed by atoms with van der Waals surface area (Å²) in [6.45, 7) is 0.577. The number of hydrogen-bond donors (Lipinski definition) is 1. The Labute approximate surface area is 76.3 Å². The average molecular weight is 190 g/mol. The number of anilines is 1. The standard InChI is InChI=1S/C8H9Cl2N/c9-8(10)6-11-7-4-2-1-3-5-7/h1-5,8,11H,6H2. The third-order valence-electron chi connectivity index (χ3n) is 1.23. The number of halogens is 2. The first kappa shape index (κ1) is 8.69. The van der Waals surface area contributed by atoms with Crippen LogP contribution in [0.15, 0.2) is 30.3 Å². The summed E-state index contributed by atoms with van der Waals surface area (Å²) in [6, 6.07) is 9.82. The fraction of sp³-hybridized carbons (Fsp3) is 0.250. The molecule has 0 spiro atoms. The van der Waals surface area contributed by atoms with Gasteiger partial charge in [-0.15, -0.1) is 23.2 Å². The summed E-state index contributed by atoms with van der Waals surface area (Å²) in [5, 5.41) is 3.08. The first-order valence-corrected chi connectivity index (χ1v) is 4.23. The van der Waals surface area contributed by atoms with Gasteiger partial charge in [-0.25, -0.2) is 0 Å². The van der Waals surface area contributed by atoms with Crippen LogP contribution >= 0.6 is 23.2 Å². The topological polar surface area (TPSA) is 12.0 Å². The van der Waals surface area contributed by atoms with Gasteiger partial charge in [0, 0.05) is 12.2 Å². The van der Waals surface area contributed by atoms with Gasteiger partial charge in [0.2, 0.25) is 0 Å². The Balaban J connectivity index is 2.39. The lowest BCUT2D eigenvalue weighted by molar-refractivity contribution is 1.16. The second kappa shape index (κ2) is 4.47. The van der Waals surface area contributed by atoms with Gasteiger partial charge in [-0.2, -0.15) is 0 Å². The van der Waals surface area contributed by atoms with Crippen LogP contribution in [0, 0.1) is 0 Å². The maximum atomic E-state index is 5.53. The molecule has 0 unspecified atom stereocenters. The summed E-state index contributed by atoms with van der Waals surface area (Å²) in [6.07, 6.45) is 0. The van der Waals surface area contributed by atoms with Crippen molar-refractivity contribution in [2.24, 2.45) is 0 Å². The minimum absolute atomic E-state index is 0.352. The molecule has 1 rings (SSSR count). The number of benzene rings is 1. The Kier molecular flexibility index (Phi) is 3.53. The summed E-state index contributed by atoms with van der Waals surface area (Å²) in [5.41, 5.74) is 1.04. The molecule has 0 radical (unpaired) electrons. The molecular formula is C8H9Cl2N. The zero-order chi connectivity index (χ0) is 8.10. The van der Waals surface area contributed by atoms with E-state index in [1.54, 1.807) is 0 Å². The lowest BCUT2D eigenvalue weighted by Gasteiger charge is -2.04. The monoisotopic (exact) mass is 189 g/mol. The van der Waals surface area contributed by atoms with E-state index in [0.717, 1.165) is 5.69 Å². The lowest BCUT2D eigenvalue weighted by Crippen LogP contribution is -2.07. The van der Waals surface area contributed by atoms with Crippen molar-refractivity contribution in [3.05, 3.63) is 30.3 Å². The molecule has 0 aromatic heterocycles. The maximum Gasteiger partial charge on any atom is 0.124 e. The normalized spacial score (nSPS) is 10.1. The van der Waals surface area contributed by atoms with Crippen LogP contribution in [0.3, 0.4) is 0 Å². The number of alkyl halides is 2. The third-order valence-corrected chi connectivity index (χ3v) is 1.54. The molecular weight excluding hydrogens is 181 g/mol. The van der Waals surface area contributed by atoms with Crippen molar-refractivity contribution in [1.29, 1.82) is 0 Å². The van der Waals surface area contributed by atoms with Crippen LogP contribution in [0.2, 0.25) is 0 Å². The number of para-hydroxylation sites is 1. The molecule has 0 aliphatic heterocycles. The van der Waals surface area contributed by atoms with Gasteiger partial charge in [0.25, 0.3) is 0 Å². The minimum atomic E-state index is -0.352. The summed E-state index contributed by atoms with van der Waals surface area (Å²) in [7, 11) is 0. The van der Waals surface area contributed by atoms with Gasteiger partial charge < -0.3 is 5.32 Å². The Bertz CT molecular complexity index is 199. The van der Waals surface area contributed by atoms with Crippen LogP contribution in [-0.2, 0) is 0 Å². The van der Waals surface area contributed by atoms with Gasteiger partial charge in [0.1, 0.15) is 4.84 Å². The molecule has 0 amide bonds. The number of rotatable bonds is 3. The molecule has 0 aliphatic rings. The van der Waals surface area contributed by atoms with E-state index in [2.05, 4.69) is 5.32 Å². The van der Waals surface area contributed by atoms with E-state index in [1.165, 1.54) is 0 Å². The maximum absolute atomic E-state index is 5.53. The van der Waals surface area contributed by atoms with E-state index in [0.29, 0.717) is 6.54 Å². The summed E-state index contributed by atoms with van der Waals surface area (Å²) in [5.74, 6) is 0.